The Morgan fingerprint density at radius 3 is 2.88 bits per heavy atom. The van der Waals surface area contributed by atoms with Gasteiger partial charge < -0.3 is 10.1 Å². The molecule has 3 heteroatoms. The number of nitrogens with one attached hydrogen (secondary N) is 1. The first-order valence-corrected chi connectivity index (χ1v) is 9.49. The van der Waals surface area contributed by atoms with Crippen molar-refractivity contribution >= 4 is 5.97 Å². The fraction of sp³-hybridized carbons (Fsp3) is 0.667. The highest BCUT2D eigenvalue weighted by molar-refractivity contribution is 5.78. The lowest BCUT2D eigenvalue weighted by Crippen LogP contribution is -2.59. The summed E-state index contributed by atoms with van der Waals surface area (Å²) in [5, 5.41) is 3.77. The molecule has 3 atom stereocenters. The SMILES string of the molecule is CC(C)(C)C(=O)Oc1ccc2c(c1)[C@@]13CCCC[C@H]1[C@@H](C2)NCC3. The summed E-state index contributed by atoms with van der Waals surface area (Å²) in [6, 6.07) is 7.01. The minimum absolute atomic E-state index is 0.154. The second kappa shape index (κ2) is 5.59. The molecule has 1 aliphatic heterocycles. The second-order valence-corrected chi connectivity index (χ2v) is 8.98. The van der Waals surface area contributed by atoms with Gasteiger partial charge in [0.15, 0.2) is 0 Å². The maximum Gasteiger partial charge on any atom is 0.316 e. The van der Waals surface area contributed by atoms with Gasteiger partial charge in [0.05, 0.1) is 5.41 Å². The van der Waals surface area contributed by atoms with E-state index in [1.165, 1.54) is 43.2 Å². The van der Waals surface area contributed by atoms with Crippen molar-refractivity contribution in [1.29, 1.82) is 0 Å². The third-order valence-electron chi connectivity index (χ3n) is 6.44. The van der Waals surface area contributed by atoms with Crippen LogP contribution >= 0.6 is 0 Å². The number of fused-ring (bicyclic) bond motifs is 1. The highest BCUT2D eigenvalue weighted by Crippen LogP contribution is 2.54. The van der Waals surface area contributed by atoms with Gasteiger partial charge in [0.1, 0.15) is 5.75 Å². The fourth-order valence-electron chi connectivity index (χ4n) is 5.23. The molecule has 3 aliphatic rings. The number of hydrogen-bond acceptors (Lipinski definition) is 3. The quantitative estimate of drug-likeness (QED) is 0.626. The van der Waals surface area contributed by atoms with Crippen LogP contribution in [0.4, 0.5) is 0 Å². The van der Waals surface area contributed by atoms with E-state index in [1.54, 1.807) is 0 Å². The van der Waals surface area contributed by atoms with Gasteiger partial charge in [0.25, 0.3) is 0 Å². The third kappa shape index (κ3) is 2.48. The standard InChI is InChI=1S/C21H29NO2/c1-20(2,3)19(23)24-15-8-7-14-12-18-16-6-4-5-9-21(16,10-11-22-18)17(14)13-15/h7-8,13,16,18,22H,4-6,9-12H2,1-3H3/t16-,18+,21+/m0/s1. The van der Waals surface area contributed by atoms with E-state index in [4.69, 9.17) is 4.74 Å². The lowest BCUT2D eigenvalue weighted by Gasteiger charge is -2.56. The maximum absolute atomic E-state index is 12.3. The molecule has 1 N–H and O–H groups in total. The molecule has 130 valence electrons. The van der Waals surface area contributed by atoms with Crippen LogP contribution in [0, 0.1) is 11.3 Å². The van der Waals surface area contributed by atoms with Crippen LogP contribution in [0.25, 0.3) is 0 Å². The monoisotopic (exact) mass is 327 g/mol. The normalized spacial score (nSPS) is 31.8. The Kier molecular flexibility index (Phi) is 3.76. The van der Waals surface area contributed by atoms with Crippen molar-refractivity contribution in [3.05, 3.63) is 29.3 Å². The minimum Gasteiger partial charge on any atom is -0.426 e. The zero-order valence-corrected chi connectivity index (χ0v) is 15.2. The molecule has 0 aromatic heterocycles. The lowest BCUT2D eigenvalue weighted by atomic mass is 9.53. The number of ether oxygens (including phenoxy) is 1. The zero-order valence-electron chi connectivity index (χ0n) is 15.2. The Morgan fingerprint density at radius 1 is 1.25 bits per heavy atom. The first-order chi connectivity index (χ1) is 11.4. The van der Waals surface area contributed by atoms with Gasteiger partial charge in [-0.05, 0) is 82.2 Å². The molecule has 0 spiro atoms. The van der Waals surface area contributed by atoms with E-state index in [9.17, 15) is 4.79 Å². The Morgan fingerprint density at radius 2 is 2.08 bits per heavy atom. The fourth-order valence-corrected chi connectivity index (χ4v) is 5.23. The number of carbonyl (C=O) groups is 1. The molecule has 0 amide bonds. The summed E-state index contributed by atoms with van der Waals surface area (Å²) in [5.74, 6) is 1.32. The average molecular weight is 327 g/mol. The number of carbonyl (C=O) groups excluding carboxylic acids is 1. The Labute approximate surface area is 145 Å². The summed E-state index contributed by atoms with van der Waals surface area (Å²) in [7, 11) is 0. The van der Waals surface area contributed by atoms with E-state index < -0.39 is 5.41 Å². The number of benzene rings is 1. The van der Waals surface area contributed by atoms with Crippen molar-refractivity contribution in [2.45, 2.75) is 70.8 Å². The molecule has 0 unspecified atom stereocenters. The molecule has 0 radical (unpaired) electrons. The summed E-state index contributed by atoms with van der Waals surface area (Å²) in [6.45, 7) is 6.83. The third-order valence-corrected chi connectivity index (χ3v) is 6.44. The molecule has 3 nitrogen and oxygen atoms in total. The van der Waals surface area contributed by atoms with E-state index in [1.807, 2.05) is 26.8 Å². The van der Waals surface area contributed by atoms with Gasteiger partial charge in [-0.1, -0.05) is 18.9 Å². The zero-order chi connectivity index (χ0) is 16.9. The van der Waals surface area contributed by atoms with E-state index in [0.717, 1.165) is 24.6 Å². The smallest absolute Gasteiger partial charge is 0.316 e. The van der Waals surface area contributed by atoms with Crippen molar-refractivity contribution in [3.8, 4) is 5.75 Å². The van der Waals surface area contributed by atoms with Crippen LogP contribution in [0.15, 0.2) is 18.2 Å². The number of piperidine rings is 1. The summed E-state index contributed by atoms with van der Waals surface area (Å²) >= 11 is 0. The summed E-state index contributed by atoms with van der Waals surface area (Å²) in [6.07, 6.45) is 7.66. The minimum atomic E-state index is -0.471. The van der Waals surface area contributed by atoms with E-state index in [2.05, 4.69) is 17.4 Å². The van der Waals surface area contributed by atoms with Gasteiger partial charge >= 0.3 is 5.97 Å². The van der Waals surface area contributed by atoms with Crippen LogP contribution in [-0.2, 0) is 16.6 Å². The van der Waals surface area contributed by atoms with Gasteiger partial charge in [-0.15, -0.1) is 0 Å². The molecule has 1 heterocycles. The van der Waals surface area contributed by atoms with Gasteiger partial charge in [-0.3, -0.25) is 4.79 Å². The van der Waals surface area contributed by atoms with E-state index >= 15 is 0 Å². The molecule has 2 aliphatic carbocycles. The maximum atomic E-state index is 12.3. The molecule has 1 aromatic rings. The molecule has 24 heavy (non-hydrogen) atoms. The topological polar surface area (TPSA) is 38.3 Å². The average Bonchev–Trinajstić information content (AvgIpc) is 2.54. The second-order valence-electron chi connectivity index (χ2n) is 8.98. The van der Waals surface area contributed by atoms with Gasteiger partial charge in [-0.25, -0.2) is 0 Å². The molecule has 4 rings (SSSR count). The Bertz CT molecular complexity index is 656. The number of hydrogen-bond donors (Lipinski definition) is 1. The highest BCUT2D eigenvalue weighted by Gasteiger charge is 2.51. The van der Waals surface area contributed by atoms with Crippen LogP contribution in [-0.4, -0.2) is 18.6 Å². The molecule has 2 fully saturated rings. The van der Waals surface area contributed by atoms with E-state index in [-0.39, 0.29) is 5.97 Å². The predicted molar refractivity (Wildman–Crippen MR) is 95.3 cm³/mol. The molecule has 1 aromatic carbocycles. The number of esters is 1. The summed E-state index contributed by atoms with van der Waals surface area (Å²) < 4.78 is 5.70. The predicted octanol–water partition coefficient (Wildman–Crippen LogP) is 3.98. The van der Waals surface area contributed by atoms with E-state index in [0.29, 0.717) is 11.5 Å². The van der Waals surface area contributed by atoms with Crippen LogP contribution in [0.1, 0.15) is 64.0 Å². The Balaban J connectivity index is 1.72. The van der Waals surface area contributed by atoms with Crippen LogP contribution in [0.3, 0.4) is 0 Å². The van der Waals surface area contributed by atoms with Crippen molar-refractivity contribution in [1.82, 2.24) is 5.32 Å². The first-order valence-electron chi connectivity index (χ1n) is 9.49. The van der Waals surface area contributed by atoms with Crippen molar-refractivity contribution in [3.63, 3.8) is 0 Å². The van der Waals surface area contributed by atoms with Crippen molar-refractivity contribution in [2.24, 2.45) is 11.3 Å². The summed E-state index contributed by atoms with van der Waals surface area (Å²) in [5.41, 5.74) is 2.78. The Hall–Kier alpha value is -1.35. The van der Waals surface area contributed by atoms with Crippen molar-refractivity contribution < 1.29 is 9.53 Å². The van der Waals surface area contributed by atoms with Crippen molar-refractivity contribution in [2.75, 3.05) is 6.54 Å². The van der Waals surface area contributed by atoms with Gasteiger partial charge in [-0.2, -0.15) is 0 Å². The first kappa shape index (κ1) is 16.1. The molecule has 1 saturated heterocycles. The molecule has 2 bridgehead atoms. The van der Waals surface area contributed by atoms with Gasteiger partial charge in [0, 0.05) is 11.5 Å². The van der Waals surface area contributed by atoms with Crippen LogP contribution < -0.4 is 10.1 Å². The molecule has 1 saturated carbocycles. The summed E-state index contributed by atoms with van der Waals surface area (Å²) in [4.78, 5) is 12.3. The molecular formula is C21H29NO2. The largest absolute Gasteiger partial charge is 0.426 e. The van der Waals surface area contributed by atoms with Crippen LogP contribution in [0.2, 0.25) is 0 Å². The highest BCUT2D eigenvalue weighted by atomic mass is 16.5. The lowest BCUT2D eigenvalue weighted by molar-refractivity contribution is -0.143. The number of rotatable bonds is 1. The van der Waals surface area contributed by atoms with Gasteiger partial charge in [0.2, 0.25) is 0 Å². The molecular weight excluding hydrogens is 298 g/mol. The van der Waals surface area contributed by atoms with Crippen LogP contribution in [0.5, 0.6) is 5.75 Å².